The van der Waals surface area contributed by atoms with Crippen LogP contribution in [0.3, 0.4) is 0 Å². The molecule has 0 saturated carbocycles. The van der Waals surface area contributed by atoms with Crippen molar-refractivity contribution < 1.29 is 9.53 Å². The van der Waals surface area contributed by atoms with Gasteiger partial charge in [0, 0.05) is 31.2 Å². The molecule has 0 N–H and O–H groups in total. The first-order valence-corrected chi connectivity index (χ1v) is 8.44. The van der Waals surface area contributed by atoms with Crippen LogP contribution >= 0.6 is 0 Å². The second-order valence-electron chi connectivity index (χ2n) is 7.33. The van der Waals surface area contributed by atoms with Crippen molar-refractivity contribution in [1.29, 1.82) is 0 Å². The van der Waals surface area contributed by atoms with Gasteiger partial charge in [0.25, 0.3) is 5.91 Å². The zero-order valence-electron chi connectivity index (χ0n) is 14.3. The molecule has 126 valence electrons. The number of hydrogen-bond acceptors (Lipinski definition) is 5. The third kappa shape index (κ3) is 3.63. The molecule has 1 unspecified atom stereocenters. The molecule has 2 aliphatic rings. The van der Waals surface area contributed by atoms with Crippen LogP contribution in [0, 0.1) is 0 Å². The van der Waals surface area contributed by atoms with Gasteiger partial charge >= 0.3 is 0 Å². The Hall–Kier alpha value is -1.69. The van der Waals surface area contributed by atoms with Gasteiger partial charge in [0.05, 0.1) is 13.2 Å². The minimum Gasteiger partial charge on any atom is -0.365 e. The van der Waals surface area contributed by atoms with Gasteiger partial charge in [-0.2, -0.15) is 0 Å². The molecule has 2 saturated heterocycles. The maximum Gasteiger partial charge on any atom is 0.253 e. The maximum absolute atomic E-state index is 12.5. The number of rotatable bonds is 2. The molecule has 0 aliphatic carbocycles. The van der Waals surface area contributed by atoms with Crippen LogP contribution in [0.5, 0.6) is 0 Å². The van der Waals surface area contributed by atoms with Crippen molar-refractivity contribution in [2.24, 2.45) is 0 Å². The third-order valence-electron chi connectivity index (χ3n) is 4.40. The van der Waals surface area contributed by atoms with Crippen molar-refractivity contribution >= 4 is 11.7 Å². The highest BCUT2D eigenvalue weighted by Gasteiger charge is 2.32. The van der Waals surface area contributed by atoms with Gasteiger partial charge in [-0.1, -0.05) is 20.8 Å². The molecule has 2 fully saturated rings. The molecular weight excluding hydrogens is 292 g/mol. The number of likely N-dealkylation sites (tertiary alicyclic amines) is 1. The fourth-order valence-corrected chi connectivity index (χ4v) is 3.03. The number of hydrogen-bond donors (Lipinski definition) is 0. The summed E-state index contributed by atoms with van der Waals surface area (Å²) in [6, 6.07) is 1.91. The molecule has 0 aromatic carbocycles. The first kappa shape index (κ1) is 16.2. The Labute approximate surface area is 137 Å². The molecule has 0 spiro atoms. The number of nitrogens with zero attached hydrogens (tertiary/aromatic N) is 4. The van der Waals surface area contributed by atoms with E-state index < -0.39 is 0 Å². The number of ether oxygens (including phenoxy) is 1. The molecule has 3 heterocycles. The van der Waals surface area contributed by atoms with E-state index in [1.807, 2.05) is 11.0 Å². The van der Waals surface area contributed by atoms with Gasteiger partial charge in [0.1, 0.15) is 11.6 Å². The number of carbonyl (C=O) groups excluding carboxylic acids is 1. The van der Waals surface area contributed by atoms with Gasteiger partial charge in [0.15, 0.2) is 6.10 Å². The number of aromatic nitrogens is 2. The summed E-state index contributed by atoms with van der Waals surface area (Å²) in [7, 11) is 0. The molecule has 23 heavy (non-hydrogen) atoms. The van der Waals surface area contributed by atoms with E-state index in [0.717, 1.165) is 44.1 Å². The van der Waals surface area contributed by atoms with E-state index in [9.17, 15) is 4.79 Å². The Balaban J connectivity index is 1.72. The highest BCUT2D eigenvalue weighted by atomic mass is 16.5. The predicted octanol–water partition coefficient (Wildman–Crippen LogP) is 1.60. The molecule has 1 amide bonds. The molecule has 0 bridgehead atoms. The lowest BCUT2D eigenvalue weighted by Crippen LogP contribution is -2.50. The topological polar surface area (TPSA) is 58.6 Å². The number of anilines is 1. The van der Waals surface area contributed by atoms with Crippen LogP contribution in [-0.4, -0.2) is 59.7 Å². The molecular formula is C17H26N4O2. The van der Waals surface area contributed by atoms with E-state index in [2.05, 4.69) is 30.7 Å². The predicted molar refractivity (Wildman–Crippen MR) is 88.5 cm³/mol. The smallest absolute Gasteiger partial charge is 0.253 e. The number of amides is 1. The monoisotopic (exact) mass is 318 g/mol. The quantitative estimate of drug-likeness (QED) is 0.829. The summed E-state index contributed by atoms with van der Waals surface area (Å²) in [5.74, 6) is 1.83. The van der Waals surface area contributed by atoms with Gasteiger partial charge in [0.2, 0.25) is 0 Å². The first-order valence-electron chi connectivity index (χ1n) is 8.44. The third-order valence-corrected chi connectivity index (χ3v) is 4.40. The summed E-state index contributed by atoms with van der Waals surface area (Å²) < 4.78 is 5.73. The van der Waals surface area contributed by atoms with Gasteiger partial charge in [-0.3, -0.25) is 4.79 Å². The summed E-state index contributed by atoms with van der Waals surface area (Å²) in [4.78, 5) is 25.7. The van der Waals surface area contributed by atoms with Crippen molar-refractivity contribution in [3.8, 4) is 0 Å². The Morgan fingerprint density at radius 1 is 1.26 bits per heavy atom. The van der Waals surface area contributed by atoms with Gasteiger partial charge in [-0.15, -0.1) is 0 Å². The highest BCUT2D eigenvalue weighted by Crippen LogP contribution is 2.22. The molecule has 6 heteroatoms. The minimum absolute atomic E-state index is 0.0902. The molecule has 1 aromatic heterocycles. The average Bonchev–Trinajstić information content (AvgIpc) is 3.08. The summed E-state index contributed by atoms with van der Waals surface area (Å²) in [5.41, 5.74) is -0.0902. The van der Waals surface area contributed by atoms with Crippen LogP contribution in [0.2, 0.25) is 0 Å². The zero-order chi connectivity index (χ0) is 16.4. The molecule has 6 nitrogen and oxygen atoms in total. The summed E-state index contributed by atoms with van der Waals surface area (Å²) >= 11 is 0. The van der Waals surface area contributed by atoms with Crippen molar-refractivity contribution in [1.82, 2.24) is 14.9 Å². The lowest BCUT2D eigenvalue weighted by molar-refractivity contribution is -0.143. The highest BCUT2D eigenvalue weighted by molar-refractivity contribution is 5.82. The number of morpholine rings is 1. The van der Waals surface area contributed by atoms with Crippen molar-refractivity contribution in [2.45, 2.75) is 45.1 Å². The minimum atomic E-state index is -0.380. The Bertz CT molecular complexity index is 564. The lowest BCUT2D eigenvalue weighted by Gasteiger charge is -2.35. The molecule has 2 aliphatic heterocycles. The summed E-state index contributed by atoms with van der Waals surface area (Å²) in [6.07, 6.45) is 3.62. The van der Waals surface area contributed by atoms with Crippen LogP contribution in [0.1, 0.15) is 39.4 Å². The van der Waals surface area contributed by atoms with Gasteiger partial charge < -0.3 is 14.5 Å². The van der Waals surface area contributed by atoms with E-state index in [0.29, 0.717) is 13.2 Å². The Kier molecular flexibility index (Phi) is 4.53. The summed E-state index contributed by atoms with van der Waals surface area (Å²) in [5, 5.41) is 0. The van der Waals surface area contributed by atoms with Crippen LogP contribution in [0.15, 0.2) is 12.3 Å². The van der Waals surface area contributed by atoms with Crippen molar-refractivity contribution in [2.75, 3.05) is 37.7 Å². The molecule has 0 radical (unpaired) electrons. The second-order valence-corrected chi connectivity index (χ2v) is 7.33. The van der Waals surface area contributed by atoms with E-state index >= 15 is 0 Å². The molecule has 1 aromatic rings. The fraction of sp³-hybridized carbons (Fsp3) is 0.706. The fourth-order valence-electron chi connectivity index (χ4n) is 3.03. The van der Waals surface area contributed by atoms with Crippen LogP contribution in [0.4, 0.5) is 5.82 Å². The van der Waals surface area contributed by atoms with Crippen LogP contribution in [-0.2, 0) is 14.9 Å². The normalized spacial score (nSPS) is 22.5. The van der Waals surface area contributed by atoms with E-state index in [1.54, 1.807) is 6.20 Å². The Morgan fingerprint density at radius 2 is 2.00 bits per heavy atom. The zero-order valence-corrected chi connectivity index (χ0v) is 14.3. The van der Waals surface area contributed by atoms with Crippen LogP contribution < -0.4 is 4.90 Å². The SMILES string of the molecule is CC(C)(C)c1nccc(N2CCOC(C(=O)N3CCCC3)C2)n1. The van der Waals surface area contributed by atoms with E-state index in [1.165, 1.54) is 0 Å². The van der Waals surface area contributed by atoms with Crippen LogP contribution in [0.25, 0.3) is 0 Å². The maximum atomic E-state index is 12.5. The Morgan fingerprint density at radius 3 is 2.70 bits per heavy atom. The van der Waals surface area contributed by atoms with E-state index in [4.69, 9.17) is 9.72 Å². The summed E-state index contributed by atoms with van der Waals surface area (Å²) in [6.45, 7) is 9.90. The lowest BCUT2D eigenvalue weighted by atomic mass is 9.96. The molecule has 3 rings (SSSR count). The first-order chi connectivity index (χ1) is 10.9. The van der Waals surface area contributed by atoms with Gasteiger partial charge in [-0.05, 0) is 18.9 Å². The van der Waals surface area contributed by atoms with Gasteiger partial charge in [-0.25, -0.2) is 9.97 Å². The molecule has 1 atom stereocenters. The van der Waals surface area contributed by atoms with Crippen molar-refractivity contribution in [3.05, 3.63) is 18.1 Å². The average molecular weight is 318 g/mol. The largest absolute Gasteiger partial charge is 0.365 e. The number of carbonyl (C=O) groups is 1. The second kappa shape index (κ2) is 6.43. The van der Waals surface area contributed by atoms with E-state index in [-0.39, 0.29) is 17.4 Å². The standard InChI is InChI=1S/C17H26N4O2/c1-17(2,3)16-18-7-6-14(19-16)21-10-11-23-13(12-21)15(22)20-8-4-5-9-20/h6-7,13H,4-5,8-12H2,1-3H3. The van der Waals surface area contributed by atoms with Crippen molar-refractivity contribution in [3.63, 3.8) is 0 Å².